The second-order valence-electron chi connectivity index (χ2n) is 10.1. The van der Waals surface area contributed by atoms with E-state index in [-0.39, 0.29) is 28.7 Å². The van der Waals surface area contributed by atoms with Crippen LogP contribution in [-0.2, 0) is 14.5 Å². The van der Waals surface area contributed by atoms with E-state index in [1.54, 1.807) is 79.9 Å². The molecule has 3 heterocycles. The average molecular weight is 587 g/mol. The van der Waals surface area contributed by atoms with Crippen LogP contribution in [0.5, 0.6) is 0 Å². The Bertz CT molecular complexity index is 1740. The lowest BCUT2D eigenvalue weighted by molar-refractivity contribution is -0.131. The summed E-state index contributed by atoms with van der Waals surface area (Å²) in [4.78, 5) is 45.0. The number of aliphatic hydroxyl groups excluding tert-OH is 1. The fourth-order valence-electron chi connectivity index (χ4n) is 4.71. The molecule has 0 bridgehead atoms. The first kappa shape index (κ1) is 28.9. The number of rotatable bonds is 7. The van der Waals surface area contributed by atoms with E-state index < -0.39 is 33.4 Å². The summed E-state index contributed by atoms with van der Waals surface area (Å²) >= 11 is 0. The molecule has 1 aliphatic heterocycles. The van der Waals surface area contributed by atoms with Gasteiger partial charge in [0.1, 0.15) is 5.75 Å². The number of carbonyl (C=O) groups excluding carboxylic acids is 3. The van der Waals surface area contributed by atoms with Crippen molar-refractivity contribution in [2.75, 3.05) is 24.2 Å². The molecule has 0 saturated carbocycles. The van der Waals surface area contributed by atoms with Gasteiger partial charge in [0.25, 0.3) is 11.8 Å². The number of hydrogen-bond acceptors (Lipinski definition) is 7. The number of amides is 3. The smallest absolute Gasteiger partial charge is 0.291 e. The zero-order chi connectivity index (χ0) is 29.7. The van der Waals surface area contributed by atoms with Crippen LogP contribution in [0.25, 0.3) is 11.1 Å². The molecule has 3 amide bonds. The highest BCUT2D eigenvalue weighted by atomic mass is 32.2. The number of benzene rings is 2. The Morgan fingerprint density at radius 3 is 2.62 bits per heavy atom. The molecule has 5 rings (SSSR count). The summed E-state index contributed by atoms with van der Waals surface area (Å²) in [5.74, 6) is -1.87. The topological polar surface area (TPSA) is 142 Å². The number of nitrogens with zero attached hydrogens (tertiary/aromatic N) is 3. The molecule has 0 radical (unpaired) electrons. The maximum absolute atomic E-state index is 14.2. The first-order valence-corrected chi connectivity index (χ1v) is 15.1. The maximum atomic E-state index is 14.2. The predicted molar refractivity (Wildman–Crippen MR) is 157 cm³/mol. The lowest BCUT2D eigenvalue weighted by Gasteiger charge is -2.30. The van der Waals surface area contributed by atoms with Crippen LogP contribution in [0.3, 0.4) is 0 Å². The summed E-state index contributed by atoms with van der Waals surface area (Å²) in [6.07, 6.45) is 4.94. The summed E-state index contributed by atoms with van der Waals surface area (Å²) in [7, 11) is -3.49. The van der Waals surface area contributed by atoms with E-state index in [4.69, 9.17) is 4.42 Å². The number of aromatic nitrogens is 1. The van der Waals surface area contributed by atoms with Crippen molar-refractivity contribution in [3.05, 3.63) is 102 Å². The molecule has 0 spiro atoms. The van der Waals surface area contributed by atoms with E-state index >= 15 is 0 Å². The number of pyridine rings is 1. The Morgan fingerprint density at radius 2 is 1.88 bits per heavy atom. The number of aryl methyl sites for hydroxylation is 1. The molecule has 11 heteroatoms. The van der Waals surface area contributed by atoms with Gasteiger partial charge >= 0.3 is 0 Å². The maximum Gasteiger partial charge on any atom is 0.291 e. The molecule has 1 aliphatic rings. The molecular weight excluding hydrogens is 556 g/mol. The van der Waals surface area contributed by atoms with Crippen molar-refractivity contribution in [1.82, 2.24) is 9.88 Å². The molecule has 2 N–H and O–H groups in total. The van der Waals surface area contributed by atoms with Crippen LogP contribution in [0, 0.1) is 6.92 Å². The number of nitrogens with one attached hydrogen (secondary N) is 1. The van der Waals surface area contributed by atoms with Gasteiger partial charge in [-0.1, -0.05) is 30.3 Å². The zero-order valence-corrected chi connectivity index (χ0v) is 23.8. The van der Waals surface area contributed by atoms with Gasteiger partial charge in [0, 0.05) is 47.2 Å². The van der Waals surface area contributed by atoms with E-state index in [1.807, 2.05) is 0 Å². The Hall–Kier alpha value is -4.61. The lowest BCUT2D eigenvalue weighted by atomic mass is 10.1. The first-order valence-electron chi connectivity index (χ1n) is 13.4. The van der Waals surface area contributed by atoms with Gasteiger partial charge in [0.2, 0.25) is 5.91 Å². The van der Waals surface area contributed by atoms with Gasteiger partial charge in [-0.15, -0.1) is 0 Å². The van der Waals surface area contributed by atoms with Crippen LogP contribution in [0.15, 0.2) is 99.1 Å². The molecule has 1 fully saturated rings. The largest absolute Gasteiger partial charge is 0.459 e. The van der Waals surface area contributed by atoms with E-state index in [2.05, 4.69) is 14.7 Å². The van der Waals surface area contributed by atoms with Crippen molar-refractivity contribution in [2.45, 2.75) is 30.8 Å². The first-order chi connectivity index (χ1) is 20.2. The minimum absolute atomic E-state index is 0.0950. The number of hydrogen-bond donors (Lipinski definition) is 2. The van der Waals surface area contributed by atoms with E-state index in [9.17, 15) is 23.7 Å². The van der Waals surface area contributed by atoms with Crippen LogP contribution in [0.1, 0.15) is 39.3 Å². The third kappa shape index (κ3) is 6.64. The Morgan fingerprint density at radius 1 is 1.07 bits per heavy atom. The number of furan rings is 1. The Kier molecular flexibility index (Phi) is 8.60. The fraction of sp³-hybridized carbons (Fsp3) is 0.226. The predicted octanol–water partition coefficient (Wildman–Crippen LogP) is 4.55. The van der Waals surface area contributed by atoms with Gasteiger partial charge in [0.15, 0.2) is 5.76 Å². The number of anilines is 1. The van der Waals surface area contributed by atoms with E-state index in [1.165, 1.54) is 17.4 Å². The molecular formula is C31H30N4O6S. The minimum atomic E-state index is -3.49. The second kappa shape index (κ2) is 12.5. The van der Waals surface area contributed by atoms with Crippen molar-refractivity contribution in [3.63, 3.8) is 0 Å². The number of piperidine rings is 1. The van der Waals surface area contributed by atoms with Crippen LogP contribution in [0.2, 0.25) is 0 Å². The third-order valence-corrected chi connectivity index (χ3v) is 9.03. The van der Waals surface area contributed by atoms with Crippen LogP contribution in [0.4, 0.5) is 5.69 Å². The van der Waals surface area contributed by atoms with Crippen LogP contribution in [-0.4, -0.2) is 61.9 Å². The van der Waals surface area contributed by atoms with Crippen molar-refractivity contribution in [1.29, 1.82) is 0 Å². The minimum Gasteiger partial charge on any atom is -0.459 e. The van der Waals surface area contributed by atoms with E-state index in [0.717, 1.165) is 0 Å². The number of β-amino-alcohol motifs (C(OH)–C–C–N with tert-alkyl or cyclic N) is 1. The van der Waals surface area contributed by atoms with Crippen molar-refractivity contribution in [3.8, 4) is 11.1 Å². The normalized spacial score (nSPS) is 16.3. The molecule has 1 unspecified atom stereocenters. The van der Waals surface area contributed by atoms with Crippen LogP contribution >= 0.6 is 0 Å². The van der Waals surface area contributed by atoms with Crippen molar-refractivity contribution >= 4 is 33.1 Å². The summed E-state index contributed by atoms with van der Waals surface area (Å²) in [6, 6.07) is 18.5. The highest BCUT2D eigenvalue weighted by Crippen LogP contribution is 2.25. The number of aliphatic hydroxyl groups is 1. The summed E-state index contributed by atoms with van der Waals surface area (Å²) in [5.41, 5.74) is 2.57. The van der Waals surface area contributed by atoms with Crippen molar-refractivity contribution < 1.29 is 28.1 Å². The Labute approximate surface area is 243 Å². The van der Waals surface area contributed by atoms with Crippen molar-refractivity contribution in [2.24, 2.45) is 4.36 Å². The highest BCUT2D eigenvalue weighted by molar-refractivity contribution is 7.94. The molecule has 216 valence electrons. The van der Waals surface area contributed by atoms with Gasteiger partial charge < -0.3 is 19.7 Å². The molecule has 10 nitrogen and oxygen atoms in total. The Balaban J connectivity index is 1.41. The summed E-state index contributed by atoms with van der Waals surface area (Å²) in [6.45, 7) is 2.38. The van der Waals surface area contributed by atoms with Gasteiger partial charge in [-0.25, -0.2) is 4.21 Å². The molecule has 2 aromatic carbocycles. The van der Waals surface area contributed by atoms with Gasteiger partial charge in [-0.3, -0.25) is 19.4 Å². The molecule has 0 aliphatic carbocycles. The summed E-state index contributed by atoms with van der Waals surface area (Å²) < 4.78 is 23.5. The second-order valence-corrected chi connectivity index (χ2v) is 12.3. The standard InChI is InChI=1S/C31H30N4O6S/c1-21-12-14-41-29(21)31(39)33-25-8-5-7-22(16-25)23-15-24(18-32-17-23)30(38)34-42(40,27-10-3-2-4-11-27)20-28(37)35-13-6-9-26(36)19-35/h2-5,7-8,10-12,14-18,26,36H,6,9,13,19-20H2,1H3,(H,33,39)/t26?,42-/m0/s1. The third-order valence-electron chi connectivity index (χ3n) is 6.92. The monoisotopic (exact) mass is 586 g/mol. The highest BCUT2D eigenvalue weighted by Gasteiger charge is 2.27. The lowest BCUT2D eigenvalue weighted by Crippen LogP contribution is -2.44. The SMILES string of the molecule is Cc1ccoc1C(=O)Nc1cccc(-c2cncc(C(=O)N=[S@](=O)(CC(=O)N3CCCC(O)C3)c3ccccc3)c2)c1. The number of likely N-dealkylation sites (tertiary alicyclic amines) is 1. The van der Waals surface area contributed by atoms with Gasteiger partial charge in [-0.05, 0) is 61.7 Å². The van der Waals surface area contributed by atoms with Gasteiger partial charge in [-0.2, -0.15) is 4.36 Å². The molecule has 2 atom stereocenters. The molecule has 1 saturated heterocycles. The summed E-state index contributed by atoms with van der Waals surface area (Å²) in [5, 5.41) is 12.8. The quantitative estimate of drug-likeness (QED) is 0.323. The van der Waals surface area contributed by atoms with E-state index in [0.29, 0.717) is 41.8 Å². The van der Waals surface area contributed by atoms with Crippen LogP contribution < -0.4 is 5.32 Å². The number of carbonyl (C=O) groups is 3. The average Bonchev–Trinajstić information content (AvgIpc) is 3.43. The van der Waals surface area contributed by atoms with Gasteiger partial charge in [0.05, 0.1) is 27.7 Å². The fourth-order valence-corrected chi connectivity index (χ4v) is 6.52. The zero-order valence-electron chi connectivity index (χ0n) is 22.9. The molecule has 42 heavy (non-hydrogen) atoms. The molecule has 2 aromatic heterocycles. The molecule has 4 aromatic rings.